The van der Waals surface area contributed by atoms with Gasteiger partial charge in [0.2, 0.25) is 0 Å². The van der Waals surface area contributed by atoms with Crippen molar-refractivity contribution in [3.05, 3.63) is 35.4 Å². The molecule has 1 N–H and O–H groups in total. The van der Waals surface area contributed by atoms with Crippen molar-refractivity contribution in [1.29, 1.82) is 0 Å². The van der Waals surface area contributed by atoms with Gasteiger partial charge in [-0.2, -0.15) is 0 Å². The van der Waals surface area contributed by atoms with Crippen LogP contribution in [0.2, 0.25) is 0 Å². The first-order chi connectivity index (χ1) is 9.71. The van der Waals surface area contributed by atoms with Crippen LogP contribution in [0.1, 0.15) is 76.8 Å². The molecule has 116 valence electrons. The first kappa shape index (κ1) is 16.1. The third kappa shape index (κ3) is 3.87. The van der Waals surface area contributed by atoms with Crippen LogP contribution in [0.4, 0.5) is 0 Å². The molecule has 21 heavy (non-hydrogen) atoms. The van der Waals surface area contributed by atoms with E-state index in [4.69, 9.17) is 0 Å². The number of aliphatic carboxylic acids is 1. The lowest BCUT2D eigenvalue weighted by molar-refractivity contribution is -0.138. The summed E-state index contributed by atoms with van der Waals surface area (Å²) in [6.45, 7) is 8.80. The SMILES string of the molecule is CC1(C)CCC(c2ccccc2C(C)(C)CC(=O)O)CC1. The van der Waals surface area contributed by atoms with E-state index in [9.17, 15) is 9.90 Å². The summed E-state index contributed by atoms with van der Waals surface area (Å²) in [6.07, 6.45) is 5.12. The Kier molecular flexibility index (Phi) is 4.46. The van der Waals surface area contributed by atoms with Gasteiger partial charge in [-0.3, -0.25) is 4.79 Å². The fraction of sp³-hybridized carbons (Fsp3) is 0.632. The van der Waals surface area contributed by atoms with Gasteiger partial charge in [0.25, 0.3) is 0 Å². The van der Waals surface area contributed by atoms with Crippen LogP contribution in [0.5, 0.6) is 0 Å². The van der Waals surface area contributed by atoms with Crippen LogP contribution in [0, 0.1) is 5.41 Å². The fourth-order valence-electron chi connectivity index (χ4n) is 3.65. The topological polar surface area (TPSA) is 37.3 Å². The number of carbonyl (C=O) groups is 1. The standard InChI is InChI=1S/C19H28O2/c1-18(2)11-9-14(10-12-18)15-7-5-6-8-16(15)19(3,4)13-17(20)21/h5-8,14H,9-13H2,1-4H3,(H,20,21). The second-order valence-corrected chi connectivity index (χ2v) is 7.98. The molecular formula is C19H28O2. The molecule has 0 radical (unpaired) electrons. The van der Waals surface area contributed by atoms with Gasteiger partial charge in [0.15, 0.2) is 0 Å². The lowest BCUT2D eigenvalue weighted by Crippen LogP contribution is -2.26. The lowest BCUT2D eigenvalue weighted by Gasteiger charge is -2.37. The van der Waals surface area contributed by atoms with E-state index >= 15 is 0 Å². The van der Waals surface area contributed by atoms with Crippen molar-refractivity contribution in [1.82, 2.24) is 0 Å². The molecule has 2 heteroatoms. The van der Waals surface area contributed by atoms with Gasteiger partial charge in [-0.25, -0.2) is 0 Å². The van der Waals surface area contributed by atoms with Gasteiger partial charge in [0.05, 0.1) is 6.42 Å². The average molecular weight is 288 g/mol. The monoisotopic (exact) mass is 288 g/mol. The smallest absolute Gasteiger partial charge is 0.304 e. The number of carboxylic acids is 1. The molecule has 0 amide bonds. The highest BCUT2D eigenvalue weighted by Gasteiger charge is 2.32. The zero-order valence-electron chi connectivity index (χ0n) is 13.8. The molecule has 0 unspecified atom stereocenters. The van der Waals surface area contributed by atoms with Crippen LogP contribution in [-0.2, 0) is 10.2 Å². The number of rotatable bonds is 4. The van der Waals surface area contributed by atoms with E-state index < -0.39 is 5.97 Å². The molecule has 2 rings (SSSR count). The largest absolute Gasteiger partial charge is 0.481 e. The number of benzene rings is 1. The van der Waals surface area contributed by atoms with Crippen LogP contribution in [0.15, 0.2) is 24.3 Å². The van der Waals surface area contributed by atoms with Crippen LogP contribution in [-0.4, -0.2) is 11.1 Å². The summed E-state index contributed by atoms with van der Waals surface area (Å²) in [4.78, 5) is 11.2. The molecule has 0 saturated heterocycles. The molecule has 2 nitrogen and oxygen atoms in total. The quantitative estimate of drug-likeness (QED) is 0.834. The lowest BCUT2D eigenvalue weighted by atomic mass is 9.68. The summed E-state index contributed by atoms with van der Waals surface area (Å²) in [5.41, 5.74) is 2.74. The molecule has 0 bridgehead atoms. The van der Waals surface area contributed by atoms with Crippen molar-refractivity contribution in [3.63, 3.8) is 0 Å². The molecule has 1 aromatic carbocycles. The van der Waals surface area contributed by atoms with Crippen molar-refractivity contribution in [2.45, 2.75) is 71.1 Å². The maximum absolute atomic E-state index is 11.2. The molecule has 1 aromatic rings. The Bertz CT molecular complexity index is 504. The van der Waals surface area contributed by atoms with E-state index in [1.54, 1.807) is 0 Å². The Balaban J connectivity index is 2.27. The number of hydrogen-bond acceptors (Lipinski definition) is 1. The van der Waals surface area contributed by atoms with Crippen molar-refractivity contribution in [2.75, 3.05) is 0 Å². The minimum atomic E-state index is -0.723. The maximum Gasteiger partial charge on any atom is 0.304 e. The van der Waals surface area contributed by atoms with Gasteiger partial charge in [-0.05, 0) is 48.1 Å². The van der Waals surface area contributed by atoms with E-state index in [1.165, 1.54) is 36.8 Å². The minimum absolute atomic E-state index is 0.183. The second kappa shape index (κ2) is 5.82. The third-order valence-electron chi connectivity index (χ3n) is 5.06. The van der Waals surface area contributed by atoms with Gasteiger partial charge in [-0.15, -0.1) is 0 Å². The van der Waals surface area contributed by atoms with Gasteiger partial charge >= 0.3 is 5.97 Å². The molecule has 1 fully saturated rings. The molecule has 1 aliphatic carbocycles. The molecular weight excluding hydrogens is 260 g/mol. The highest BCUT2D eigenvalue weighted by molar-refractivity contribution is 5.69. The van der Waals surface area contributed by atoms with Crippen LogP contribution in [0.25, 0.3) is 0 Å². The highest BCUT2D eigenvalue weighted by atomic mass is 16.4. The Hall–Kier alpha value is -1.31. The fourth-order valence-corrected chi connectivity index (χ4v) is 3.65. The van der Waals surface area contributed by atoms with Gasteiger partial charge in [-0.1, -0.05) is 52.0 Å². The molecule has 0 aromatic heterocycles. The minimum Gasteiger partial charge on any atom is -0.481 e. The number of hydrogen-bond donors (Lipinski definition) is 1. The van der Waals surface area contributed by atoms with Gasteiger partial charge in [0.1, 0.15) is 0 Å². The summed E-state index contributed by atoms with van der Waals surface area (Å²) in [5, 5.41) is 9.18. The zero-order valence-corrected chi connectivity index (χ0v) is 13.8. The molecule has 0 atom stereocenters. The molecule has 0 heterocycles. The van der Waals surface area contributed by atoms with Crippen LogP contribution < -0.4 is 0 Å². The predicted molar refractivity (Wildman–Crippen MR) is 86.7 cm³/mol. The Morgan fingerprint density at radius 3 is 2.38 bits per heavy atom. The van der Waals surface area contributed by atoms with Crippen molar-refractivity contribution in [3.8, 4) is 0 Å². The summed E-state index contributed by atoms with van der Waals surface area (Å²) in [6, 6.07) is 8.46. The average Bonchev–Trinajstić information content (AvgIpc) is 2.37. The van der Waals surface area contributed by atoms with E-state index in [1.807, 2.05) is 19.9 Å². The van der Waals surface area contributed by atoms with Crippen LogP contribution in [0.3, 0.4) is 0 Å². The Labute approximate surface area is 128 Å². The number of carboxylic acid groups (broad SMARTS) is 1. The van der Waals surface area contributed by atoms with E-state index in [-0.39, 0.29) is 11.8 Å². The normalized spacial score (nSPS) is 19.4. The Morgan fingerprint density at radius 1 is 1.24 bits per heavy atom. The summed E-state index contributed by atoms with van der Waals surface area (Å²) < 4.78 is 0. The first-order valence-electron chi connectivity index (χ1n) is 8.02. The first-order valence-corrected chi connectivity index (χ1v) is 8.02. The van der Waals surface area contributed by atoms with E-state index in [0.29, 0.717) is 11.3 Å². The predicted octanol–water partition coefficient (Wildman–Crippen LogP) is 5.12. The summed E-state index contributed by atoms with van der Waals surface area (Å²) in [7, 11) is 0. The van der Waals surface area contributed by atoms with Crippen molar-refractivity contribution >= 4 is 5.97 Å². The van der Waals surface area contributed by atoms with E-state index in [0.717, 1.165) is 0 Å². The zero-order chi connectivity index (χ0) is 15.7. The molecule has 1 saturated carbocycles. The third-order valence-corrected chi connectivity index (χ3v) is 5.06. The van der Waals surface area contributed by atoms with Gasteiger partial charge in [0, 0.05) is 5.41 Å². The van der Waals surface area contributed by atoms with E-state index in [2.05, 4.69) is 32.0 Å². The summed E-state index contributed by atoms with van der Waals surface area (Å²) in [5.74, 6) is -0.137. The molecule has 1 aliphatic rings. The highest BCUT2D eigenvalue weighted by Crippen LogP contribution is 2.45. The van der Waals surface area contributed by atoms with Gasteiger partial charge < -0.3 is 5.11 Å². The summed E-state index contributed by atoms with van der Waals surface area (Å²) >= 11 is 0. The second-order valence-electron chi connectivity index (χ2n) is 7.98. The maximum atomic E-state index is 11.2. The van der Waals surface area contributed by atoms with Crippen molar-refractivity contribution in [2.24, 2.45) is 5.41 Å². The Morgan fingerprint density at radius 2 is 1.81 bits per heavy atom. The molecule has 0 aliphatic heterocycles. The van der Waals surface area contributed by atoms with Crippen LogP contribution >= 0.6 is 0 Å². The van der Waals surface area contributed by atoms with Crippen molar-refractivity contribution < 1.29 is 9.90 Å². The molecule has 0 spiro atoms.